The zero-order valence-corrected chi connectivity index (χ0v) is 13.3. The summed E-state index contributed by atoms with van der Waals surface area (Å²) in [6.45, 7) is 7.38. The number of hydrogen-bond donors (Lipinski definition) is 1. The van der Waals surface area contributed by atoms with Crippen molar-refractivity contribution in [2.45, 2.75) is 46.1 Å². The summed E-state index contributed by atoms with van der Waals surface area (Å²) in [5.41, 5.74) is 3.41. The Bertz CT molecular complexity index is 523. The molecule has 0 aliphatic carbocycles. The lowest BCUT2D eigenvalue weighted by atomic mass is 9.99. The topological polar surface area (TPSA) is 37.8 Å². The van der Waals surface area contributed by atoms with E-state index in [1.165, 1.54) is 10.4 Å². The van der Waals surface area contributed by atoms with E-state index in [2.05, 4.69) is 52.9 Å². The fourth-order valence-electron chi connectivity index (χ4n) is 2.35. The van der Waals surface area contributed by atoms with Gasteiger partial charge in [-0.2, -0.15) is 10.2 Å². The van der Waals surface area contributed by atoms with Gasteiger partial charge in [0.1, 0.15) is 0 Å². The summed E-state index contributed by atoms with van der Waals surface area (Å²) in [5.74, 6) is 0. The molecule has 0 fully saturated rings. The van der Waals surface area contributed by atoms with Crippen LogP contribution in [0.1, 0.15) is 48.1 Å². The van der Waals surface area contributed by atoms with Gasteiger partial charge in [-0.1, -0.05) is 19.9 Å². The van der Waals surface area contributed by atoms with Crippen LogP contribution in [0.5, 0.6) is 0 Å². The molecule has 0 aromatic carbocycles. The van der Waals surface area contributed by atoms with Gasteiger partial charge in [0.25, 0.3) is 0 Å². The molecule has 2 aromatic heterocycles. The summed E-state index contributed by atoms with van der Waals surface area (Å²) in [5, 5.41) is 14.4. The van der Waals surface area contributed by atoms with Crippen LogP contribution < -0.4 is 5.32 Å². The molecule has 0 radical (unpaired) electrons. The molecule has 1 N–H and O–H groups in total. The first-order valence-electron chi connectivity index (χ1n) is 7.33. The Morgan fingerprint density at radius 2 is 2.15 bits per heavy atom. The second kappa shape index (κ2) is 7.50. The maximum absolute atomic E-state index is 4.37. The van der Waals surface area contributed by atoms with Crippen molar-refractivity contribution in [1.82, 2.24) is 15.5 Å². The van der Waals surface area contributed by atoms with Crippen molar-refractivity contribution in [1.29, 1.82) is 0 Å². The number of aromatic nitrogens is 2. The third-order valence-corrected chi connectivity index (χ3v) is 4.26. The van der Waals surface area contributed by atoms with Crippen molar-refractivity contribution in [3.05, 3.63) is 45.4 Å². The van der Waals surface area contributed by atoms with E-state index in [9.17, 15) is 0 Å². The summed E-state index contributed by atoms with van der Waals surface area (Å²) >= 11 is 1.82. The molecule has 0 aliphatic rings. The van der Waals surface area contributed by atoms with Gasteiger partial charge in [-0.05, 0) is 49.4 Å². The molecule has 2 heterocycles. The predicted molar refractivity (Wildman–Crippen MR) is 85.2 cm³/mol. The first-order chi connectivity index (χ1) is 9.74. The second-order valence-corrected chi connectivity index (χ2v) is 6.06. The number of thiophene rings is 1. The van der Waals surface area contributed by atoms with Crippen LogP contribution in [0.2, 0.25) is 0 Å². The van der Waals surface area contributed by atoms with Gasteiger partial charge in [-0.3, -0.25) is 0 Å². The largest absolute Gasteiger partial charge is 0.310 e. The lowest BCUT2D eigenvalue weighted by Gasteiger charge is -2.20. The Balaban J connectivity index is 2.27. The van der Waals surface area contributed by atoms with Crippen molar-refractivity contribution < 1.29 is 0 Å². The highest BCUT2D eigenvalue weighted by atomic mass is 32.1. The maximum Gasteiger partial charge on any atom is 0.0676 e. The standard InChI is InChI=1S/C16H23N3S/c1-4-8-17-16(11-13-7-6-9-20-13)14-10-12(3)18-19-15(14)5-2/h6-7,9-10,16-17H,4-5,8,11H2,1-3H3. The highest BCUT2D eigenvalue weighted by Gasteiger charge is 2.17. The van der Waals surface area contributed by atoms with Crippen LogP contribution in [0.4, 0.5) is 0 Å². The van der Waals surface area contributed by atoms with Crippen molar-refractivity contribution in [3.63, 3.8) is 0 Å². The van der Waals surface area contributed by atoms with Crippen molar-refractivity contribution >= 4 is 11.3 Å². The summed E-state index contributed by atoms with van der Waals surface area (Å²) < 4.78 is 0. The maximum atomic E-state index is 4.37. The van der Waals surface area contributed by atoms with E-state index in [-0.39, 0.29) is 0 Å². The molecule has 2 aromatic rings. The number of aryl methyl sites for hydroxylation is 2. The summed E-state index contributed by atoms with van der Waals surface area (Å²) in [6, 6.07) is 6.84. The molecule has 1 atom stereocenters. The molecule has 0 saturated carbocycles. The van der Waals surface area contributed by atoms with Gasteiger partial charge in [0.15, 0.2) is 0 Å². The minimum Gasteiger partial charge on any atom is -0.310 e. The average molecular weight is 289 g/mol. The molecular weight excluding hydrogens is 266 g/mol. The van der Waals surface area contributed by atoms with Gasteiger partial charge in [-0.25, -0.2) is 0 Å². The van der Waals surface area contributed by atoms with Gasteiger partial charge in [0.2, 0.25) is 0 Å². The molecule has 4 heteroatoms. The van der Waals surface area contributed by atoms with Crippen LogP contribution in [-0.4, -0.2) is 16.7 Å². The molecule has 20 heavy (non-hydrogen) atoms. The molecule has 2 rings (SSSR count). The fourth-order valence-corrected chi connectivity index (χ4v) is 3.10. The third kappa shape index (κ3) is 3.87. The van der Waals surface area contributed by atoms with Crippen LogP contribution in [0, 0.1) is 6.92 Å². The van der Waals surface area contributed by atoms with Crippen LogP contribution in [-0.2, 0) is 12.8 Å². The van der Waals surface area contributed by atoms with E-state index in [4.69, 9.17) is 0 Å². The zero-order chi connectivity index (χ0) is 14.4. The Labute approximate surface area is 125 Å². The van der Waals surface area contributed by atoms with Crippen LogP contribution >= 0.6 is 11.3 Å². The first-order valence-corrected chi connectivity index (χ1v) is 8.21. The Morgan fingerprint density at radius 3 is 2.80 bits per heavy atom. The van der Waals surface area contributed by atoms with E-state index in [0.29, 0.717) is 6.04 Å². The number of rotatable bonds is 7. The second-order valence-electron chi connectivity index (χ2n) is 5.03. The van der Waals surface area contributed by atoms with Crippen molar-refractivity contribution in [2.75, 3.05) is 6.54 Å². The quantitative estimate of drug-likeness (QED) is 0.844. The number of nitrogens with one attached hydrogen (secondary N) is 1. The van der Waals surface area contributed by atoms with E-state index >= 15 is 0 Å². The molecule has 0 aliphatic heterocycles. The summed E-state index contributed by atoms with van der Waals surface area (Å²) in [6.07, 6.45) is 3.09. The van der Waals surface area contributed by atoms with E-state index < -0.39 is 0 Å². The molecule has 0 amide bonds. The molecule has 1 unspecified atom stereocenters. The zero-order valence-electron chi connectivity index (χ0n) is 12.5. The minimum absolute atomic E-state index is 0.331. The lowest BCUT2D eigenvalue weighted by Crippen LogP contribution is -2.25. The molecule has 108 valence electrons. The normalized spacial score (nSPS) is 12.6. The molecule has 0 spiro atoms. The summed E-state index contributed by atoms with van der Waals surface area (Å²) in [7, 11) is 0. The minimum atomic E-state index is 0.331. The molecule has 3 nitrogen and oxygen atoms in total. The van der Waals surface area contributed by atoms with Gasteiger partial charge in [-0.15, -0.1) is 11.3 Å². The van der Waals surface area contributed by atoms with Crippen molar-refractivity contribution in [3.8, 4) is 0 Å². The fraction of sp³-hybridized carbons (Fsp3) is 0.500. The van der Waals surface area contributed by atoms with Crippen LogP contribution in [0.3, 0.4) is 0 Å². The predicted octanol–water partition coefficient (Wildman–Crippen LogP) is 3.69. The molecule has 0 bridgehead atoms. The highest BCUT2D eigenvalue weighted by Crippen LogP contribution is 2.24. The van der Waals surface area contributed by atoms with E-state index in [0.717, 1.165) is 37.2 Å². The average Bonchev–Trinajstić information content (AvgIpc) is 2.96. The van der Waals surface area contributed by atoms with Crippen LogP contribution in [0.25, 0.3) is 0 Å². The van der Waals surface area contributed by atoms with Crippen LogP contribution in [0.15, 0.2) is 23.6 Å². The smallest absolute Gasteiger partial charge is 0.0676 e. The third-order valence-electron chi connectivity index (χ3n) is 3.36. The summed E-state index contributed by atoms with van der Waals surface area (Å²) in [4.78, 5) is 1.41. The SMILES string of the molecule is CCCNC(Cc1cccs1)c1cc(C)nnc1CC. The van der Waals surface area contributed by atoms with Gasteiger partial charge in [0, 0.05) is 17.3 Å². The highest BCUT2D eigenvalue weighted by molar-refractivity contribution is 7.09. The van der Waals surface area contributed by atoms with Gasteiger partial charge < -0.3 is 5.32 Å². The Kier molecular flexibility index (Phi) is 5.68. The van der Waals surface area contributed by atoms with Gasteiger partial charge >= 0.3 is 0 Å². The van der Waals surface area contributed by atoms with Gasteiger partial charge in [0.05, 0.1) is 11.4 Å². The Morgan fingerprint density at radius 1 is 1.30 bits per heavy atom. The van der Waals surface area contributed by atoms with E-state index in [1.54, 1.807) is 0 Å². The lowest BCUT2D eigenvalue weighted by molar-refractivity contribution is 0.524. The monoisotopic (exact) mass is 289 g/mol. The number of nitrogens with zero attached hydrogens (tertiary/aromatic N) is 2. The number of hydrogen-bond acceptors (Lipinski definition) is 4. The Hall–Kier alpha value is -1.26. The molecule has 0 saturated heterocycles. The van der Waals surface area contributed by atoms with Crippen molar-refractivity contribution in [2.24, 2.45) is 0 Å². The van der Waals surface area contributed by atoms with E-state index in [1.807, 2.05) is 18.3 Å². The molecular formula is C16H23N3S. The first kappa shape index (κ1) is 15.1.